The quantitative estimate of drug-likeness (QED) is 0.268. The summed E-state index contributed by atoms with van der Waals surface area (Å²) < 4.78 is 43.2. The van der Waals surface area contributed by atoms with Gasteiger partial charge in [0.15, 0.2) is 0 Å². The average molecular weight is 641 g/mol. The standard InChI is InChI=1S/C28H32AsF3N10/c1-2-34-15-20-11-23(40-26(39-20)28(30,31)32)29-19-4-9-41(10-5-19)21-12-27(13-21,6-7-33)42-16-18(14-38-42)24-22-3-8-35-25(22)37-17-36-24/h3,8,11,14,16-17,19,21,29,34H,2,4-6,9-10,12-13,15H2,1H3,(H,35,36,37)/t21-,27+. The van der Waals surface area contributed by atoms with E-state index in [1.54, 1.807) is 12.3 Å². The van der Waals surface area contributed by atoms with Gasteiger partial charge in [0.2, 0.25) is 0 Å². The molecule has 2 fully saturated rings. The van der Waals surface area contributed by atoms with E-state index in [4.69, 9.17) is 0 Å². The summed E-state index contributed by atoms with van der Waals surface area (Å²) in [5.41, 5.74) is 2.51. The van der Waals surface area contributed by atoms with Crippen LogP contribution in [0, 0.1) is 11.3 Å². The third kappa shape index (κ3) is 5.80. The molecule has 0 amide bonds. The van der Waals surface area contributed by atoms with Crippen molar-refractivity contribution >= 4 is 31.3 Å². The number of nitriles is 1. The molecule has 1 saturated carbocycles. The Balaban J connectivity index is 1.09. The fraction of sp³-hybridized carbons (Fsp3) is 0.500. The summed E-state index contributed by atoms with van der Waals surface area (Å²) >= 11 is -0.847. The van der Waals surface area contributed by atoms with E-state index in [0.29, 0.717) is 40.4 Å². The minimum atomic E-state index is -4.55. The molecule has 1 unspecified atom stereocenters. The number of rotatable bonds is 9. The Bertz CT molecular complexity index is 1580. The molecule has 4 aromatic heterocycles. The molecule has 0 radical (unpaired) electrons. The van der Waals surface area contributed by atoms with Crippen molar-refractivity contribution in [2.24, 2.45) is 0 Å². The molecule has 1 atom stereocenters. The SMILES string of the molecule is CCNCc1cc([AsH]C2CCN([C@H]3C[C@@](CC#N)(n4cc(-c5ncnc6[nH]ccc56)cn4)C3)CC2)nc(C(F)(F)F)n1. The van der Waals surface area contributed by atoms with Crippen LogP contribution < -0.4 is 9.80 Å². The average Bonchev–Trinajstić information content (AvgIpc) is 3.64. The number of nitrogens with zero attached hydrogens (tertiary/aromatic N) is 8. The number of aromatic nitrogens is 7. The van der Waals surface area contributed by atoms with Crippen molar-refractivity contribution in [3.63, 3.8) is 0 Å². The monoisotopic (exact) mass is 640 g/mol. The Morgan fingerprint density at radius 1 is 1.21 bits per heavy atom. The number of piperidine rings is 1. The van der Waals surface area contributed by atoms with E-state index in [2.05, 4.69) is 46.3 Å². The van der Waals surface area contributed by atoms with E-state index in [1.165, 1.54) is 6.33 Å². The van der Waals surface area contributed by atoms with E-state index in [-0.39, 0.29) is 5.54 Å². The molecule has 10 nitrogen and oxygen atoms in total. The van der Waals surface area contributed by atoms with Crippen LogP contribution in [0.4, 0.5) is 13.2 Å². The van der Waals surface area contributed by atoms with Crippen LogP contribution in [0.3, 0.4) is 0 Å². The van der Waals surface area contributed by atoms with Crippen LogP contribution in [0.1, 0.15) is 50.5 Å². The number of H-pyrrole nitrogens is 1. The molecular formula is C28H32AsF3N10. The van der Waals surface area contributed by atoms with Gasteiger partial charge in [-0.1, -0.05) is 0 Å². The van der Waals surface area contributed by atoms with Crippen molar-refractivity contribution in [2.75, 3.05) is 19.6 Å². The summed E-state index contributed by atoms with van der Waals surface area (Å²) in [6.45, 7) is 4.68. The number of alkyl halides is 3. The molecule has 0 spiro atoms. The van der Waals surface area contributed by atoms with Gasteiger partial charge >= 0.3 is 214 Å². The van der Waals surface area contributed by atoms with Crippen molar-refractivity contribution in [1.82, 2.24) is 44.9 Å². The second kappa shape index (κ2) is 11.7. The van der Waals surface area contributed by atoms with Gasteiger partial charge in [-0.3, -0.25) is 0 Å². The summed E-state index contributed by atoms with van der Waals surface area (Å²) in [5.74, 6) is -1.03. The summed E-state index contributed by atoms with van der Waals surface area (Å²) in [5, 5.41) is 18.3. The second-order valence-corrected chi connectivity index (χ2v) is 14.5. The van der Waals surface area contributed by atoms with Crippen molar-refractivity contribution in [3.8, 4) is 17.3 Å². The first-order chi connectivity index (χ1) is 20.3. The molecule has 1 saturated heterocycles. The van der Waals surface area contributed by atoms with E-state index < -0.39 is 27.8 Å². The summed E-state index contributed by atoms with van der Waals surface area (Å²) in [7, 11) is 0. The van der Waals surface area contributed by atoms with Gasteiger partial charge in [-0.25, -0.2) is 4.98 Å². The predicted octanol–water partition coefficient (Wildman–Crippen LogP) is 3.16. The van der Waals surface area contributed by atoms with E-state index >= 15 is 0 Å². The zero-order valence-corrected chi connectivity index (χ0v) is 25.3. The third-order valence-corrected chi connectivity index (χ3v) is 11.5. The number of halogens is 3. The van der Waals surface area contributed by atoms with Crippen LogP contribution in [-0.4, -0.2) is 81.0 Å². The number of aromatic amines is 1. The van der Waals surface area contributed by atoms with Gasteiger partial charge in [-0.15, -0.1) is 0 Å². The summed E-state index contributed by atoms with van der Waals surface area (Å²) in [6.07, 6.45) is 6.54. The number of likely N-dealkylation sites (tertiary alicyclic amines) is 1. The Kier molecular flexibility index (Phi) is 8.05. The molecule has 0 aromatic carbocycles. The van der Waals surface area contributed by atoms with Gasteiger partial charge in [0.1, 0.15) is 12.0 Å². The van der Waals surface area contributed by atoms with E-state index in [1.807, 2.05) is 30.1 Å². The first-order valence-corrected chi connectivity index (χ1v) is 16.4. The molecule has 14 heteroatoms. The fourth-order valence-corrected chi connectivity index (χ4v) is 9.01. The van der Waals surface area contributed by atoms with Crippen LogP contribution in [0.25, 0.3) is 22.3 Å². The van der Waals surface area contributed by atoms with Crippen LogP contribution in [0.2, 0.25) is 4.71 Å². The zero-order chi connectivity index (χ0) is 29.3. The van der Waals surface area contributed by atoms with Gasteiger partial charge in [0.05, 0.1) is 0 Å². The fourth-order valence-electron chi connectivity index (χ4n) is 6.10. The topological polar surface area (TPSA) is 124 Å². The van der Waals surface area contributed by atoms with Crippen molar-refractivity contribution in [1.29, 1.82) is 5.26 Å². The van der Waals surface area contributed by atoms with Gasteiger partial charge in [-0.2, -0.15) is 0 Å². The predicted molar refractivity (Wildman–Crippen MR) is 152 cm³/mol. The van der Waals surface area contributed by atoms with Crippen molar-refractivity contribution in [3.05, 3.63) is 48.6 Å². The zero-order valence-electron chi connectivity index (χ0n) is 23.2. The van der Waals surface area contributed by atoms with Crippen LogP contribution in [0.5, 0.6) is 0 Å². The number of hydrogen-bond donors (Lipinski definition) is 2. The molecule has 2 N–H and O–H groups in total. The van der Waals surface area contributed by atoms with E-state index in [9.17, 15) is 18.4 Å². The van der Waals surface area contributed by atoms with Crippen LogP contribution in [-0.2, 0) is 18.3 Å². The Labute approximate surface area is 247 Å². The first kappa shape index (κ1) is 28.8. The Hall–Kier alpha value is -3.33. The van der Waals surface area contributed by atoms with Gasteiger partial charge in [-0.05, 0) is 6.07 Å². The molecule has 220 valence electrons. The van der Waals surface area contributed by atoms with Crippen LogP contribution >= 0.6 is 0 Å². The van der Waals surface area contributed by atoms with Gasteiger partial charge in [0, 0.05) is 6.20 Å². The summed E-state index contributed by atoms with van der Waals surface area (Å²) in [6, 6.07) is 6.43. The maximum atomic E-state index is 13.4. The molecule has 42 heavy (non-hydrogen) atoms. The first-order valence-electron chi connectivity index (χ1n) is 14.1. The maximum absolute atomic E-state index is 13.4. The molecular weight excluding hydrogens is 608 g/mol. The van der Waals surface area contributed by atoms with Crippen molar-refractivity contribution < 1.29 is 13.2 Å². The summed E-state index contributed by atoms with van der Waals surface area (Å²) in [4.78, 5) is 22.0. The van der Waals surface area contributed by atoms with Crippen LogP contribution in [0.15, 0.2) is 37.1 Å². The van der Waals surface area contributed by atoms with E-state index in [0.717, 1.165) is 61.1 Å². The van der Waals surface area contributed by atoms with Crippen molar-refractivity contribution in [2.45, 2.75) is 68.0 Å². The molecule has 1 aliphatic heterocycles. The number of nitrogens with one attached hydrogen (secondary N) is 2. The number of fused-ring (bicyclic) bond motifs is 1. The Morgan fingerprint density at radius 3 is 2.76 bits per heavy atom. The van der Waals surface area contributed by atoms with Gasteiger partial charge in [0.25, 0.3) is 0 Å². The normalized spacial score (nSPS) is 22.1. The third-order valence-electron chi connectivity index (χ3n) is 8.32. The van der Waals surface area contributed by atoms with Gasteiger partial charge < -0.3 is 4.98 Å². The molecule has 2 aliphatic rings. The minimum absolute atomic E-state index is 0.305. The second-order valence-electron chi connectivity index (χ2n) is 11.1. The molecule has 1 aliphatic carbocycles. The molecule has 0 bridgehead atoms. The molecule has 4 aromatic rings. The Morgan fingerprint density at radius 2 is 2.02 bits per heavy atom. The molecule has 6 rings (SSSR count). The molecule has 5 heterocycles. The number of hydrogen-bond acceptors (Lipinski definition) is 8.